The van der Waals surface area contributed by atoms with Crippen molar-refractivity contribution >= 4 is 17.5 Å². The molecule has 6 nitrogen and oxygen atoms in total. The molecule has 27 heavy (non-hydrogen) atoms. The standard InChI is InChI=1S/C21H24N2O4/c1-27-19-6-2-4-16(12-19)15-7-9-18(10-8-15)22-21(26)17-5-3-11-23(13-17)20(25)14-24/h2,4,6-10,12,17,24H,3,5,11,13-14H2,1H3,(H,22,26). The first-order valence-corrected chi connectivity index (χ1v) is 9.04. The van der Waals surface area contributed by atoms with Crippen LogP contribution >= 0.6 is 0 Å². The second-order valence-electron chi connectivity index (χ2n) is 6.64. The second-order valence-corrected chi connectivity index (χ2v) is 6.64. The maximum atomic E-state index is 12.5. The van der Waals surface area contributed by atoms with E-state index < -0.39 is 6.61 Å². The van der Waals surface area contributed by atoms with E-state index in [1.165, 1.54) is 0 Å². The number of carbonyl (C=O) groups excluding carboxylic acids is 2. The van der Waals surface area contributed by atoms with Crippen LogP contribution in [0.4, 0.5) is 5.69 Å². The summed E-state index contributed by atoms with van der Waals surface area (Å²) in [5.41, 5.74) is 2.79. The minimum Gasteiger partial charge on any atom is -0.497 e. The van der Waals surface area contributed by atoms with Crippen LogP contribution in [0.15, 0.2) is 48.5 Å². The molecule has 1 fully saturated rings. The molecule has 2 N–H and O–H groups in total. The SMILES string of the molecule is COc1cccc(-c2ccc(NC(=O)C3CCCN(C(=O)CO)C3)cc2)c1. The largest absolute Gasteiger partial charge is 0.497 e. The first-order valence-electron chi connectivity index (χ1n) is 9.04. The van der Waals surface area contributed by atoms with Gasteiger partial charge in [-0.3, -0.25) is 9.59 Å². The van der Waals surface area contributed by atoms with Gasteiger partial charge in [0, 0.05) is 18.8 Å². The van der Waals surface area contributed by atoms with Gasteiger partial charge in [-0.1, -0.05) is 24.3 Å². The molecule has 2 aromatic rings. The summed E-state index contributed by atoms with van der Waals surface area (Å²) in [6.07, 6.45) is 1.50. The number of hydrogen-bond donors (Lipinski definition) is 2. The number of methoxy groups -OCH3 is 1. The summed E-state index contributed by atoms with van der Waals surface area (Å²) in [5.74, 6) is 0.117. The van der Waals surface area contributed by atoms with Gasteiger partial charge in [-0.15, -0.1) is 0 Å². The Morgan fingerprint density at radius 1 is 1.19 bits per heavy atom. The van der Waals surface area contributed by atoms with Crippen LogP contribution in [0.25, 0.3) is 11.1 Å². The van der Waals surface area contributed by atoms with Gasteiger partial charge >= 0.3 is 0 Å². The highest BCUT2D eigenvalue weighted by Crippen LogP contribution is 2.25. The first-order chi connectivity index (χ1) is 13.1. The molecule has 2 aromatic carbocycles. The highest BCUT2D eigenvalue weighted by molar-refractivity contribution is 5.93. The van der Waals surface area contributed by atoms with E-state index in [-0.39, 0.29) is 17.7 Å². The van der Waals surface area contributed by atoms with E-state index in [1.807, 2.05) is 48.5 Å². The van der Waals surface area contributed by atoms with Crippen molar-refractivity contribution < 1.29 is 19.4 Å². The Morgan fingerprint density at radius 3 is 2.67 bits per heavy atom. The number of carbonyl (C=O) groups is 2. The molecular weight excluding hydrogens is 344 g/mol. The molecule has 1 saturated heterocycles. The summed E-state index contributed by atoms with van der Waals surface area (Å²) in [6, 6.07) is 15.4. The zero-order chi connectivity index (χ0) is 19.2. The fourth-order valence-electron chi connectivity index (χ4n) is 3.31. The molecule has 6 heteroatoms. The van der Waals surface area contributed by atoms with Crippen molar-refractivity contribution in [2.45, 2.75) is 12.8 Å². The van der Waals surface area contributed by atoms with Crippen molar-refractivity contribution in [3.05, 3.63) is 48.5 Å². The van der Waals surface area contributed by atoms with Crippen molar-refractivity contribution in [2.75, 3.05) is 32.1 Å². The Balaban J connectivity index is 1.64. The summed E-state index contributed by atoms with van der Waals surface area (Å²) in [7, 11) is 1.64. The number of nitrogens with one attached hydrogen (secondary N) is 1. The summed E-state index contributed by atoms with van der Waals surface area (Å²) in [5, 5.41) is 11.9. The molecule has 0 aliphatic carbocycles. The molecule has 2 amide bonds. The number of anilines is 1. The van der Waals surface area contributed by atoms with E-state index in [2.05, 4.69) is 5.32 Å². The fourth-order valence-corrected chi connectivity index (χ4v) is 3.31. The van der Waals surface area contributed by atoms with Crippen LogP contribution in [-0.4, -0.2) is 48.6 Å². The van der Waals surface area contributed by atoms with Crippen LogP contribution in [0, 0.1) is 5.92 Å². The number of piperidine rings is 1. The van der Waals surface area contributed by atoms with E-state index in [1.54, 1.807) is 12.0 Å². The van der Waals surface area contributed by atoms with Crippen LogP contribution in [0.3, 0.4) is 0 Å². The van der Waals surface area contributed by atoms with Gasteiger partial charge in [0.15, 0.2) is 0 Å². The number of amides is 2. The van der Waals surface area contributed by atoms with Crippen LogP contribution in [-0.2, 0) is 9.59 Å². The topological polar surface area (TPSA) is 78.9 Å². The fraction of sp³-hybridized carbons (Fsp3) is 0.333. The van der Waals surface area contributed by atoms with Crippen molar-refractivity contribution in [3.8, 4) is 16.9 Å². The molecule has 3 rings (SSSR count). The van der Waals surface area contributed by atoms with Crippen LogP contribution in [0.5, 0.6) is 5.75 Å². The monoisotopic (exact) mass is 368 g/mol. The smallest absolute Gasteiger partial charge is 0.248 e. The highest BCUT2D eigenvalue weighted by Gasteiger charge is 2.28. The lowest BCUT2D eigenvalue weighted by molar-refractivity contribution is -0.137. The molecular formula is C21H24N2O4. The lowest BCUT2D eigenvalue weighted by Gasteiger charge is -2.31. The minimum absolute atomic E-state index is 0.0976. The number of benzene rings is 2. The number of nitrogens with zero attached hydrogens (tertiary/aromatic N) is 1. The summed E-state index contributed by atoms with van der Waals surface area (Å²) >= 11 is 0. The average molecular weight is 368 g/mol. The van der Waals surface area contributed by atoms with E-state index >= 15 is 0 Å². The lowest BCUT2D eigenvalue weighted by Crippen LogP contribution is -2.44. The van der Waals surface area contributed by atoms with Crippen LogP contribution in [0.1, 0.15) is 12.8 Å². The van der Waals surface area contributed by atoms with Gasteiger partial charge in [0.1, 0.15) is 12.4 Å². The second kappa shape index (κ2) is 8.68. The van der Waals surface area contributed by atoms with Crippen molar-refractivity contribution in [1.29, 1.82) is 0 Å². The Labute approximate surface area is 158 Å². The maximum absolute atomic E-state index is 12.5. The molecule has 0 bridgehead atoms. The molecule has 1 unspecified atom stereocenters. The molecule has 1 heterocycles. The van der Waals surface area contributed by atoms with Crippen molar-refractivity contribution in [2.24, 2.45) is 5.92 Å². The van der Waals surface area contributed by atoms with Gasteiger partial charge in [-0.25, -0.2) is 0 Å². The third kappa shape index (κ3) is 4.65. The predicted octanol–water partition coefficient (Wildman–Crippen LogP) is 2.53. The lowest BCUT2D eigenvalue weighted by atomic mass is 9.97. The van der Waals surface area contributed by atoms with E-state index in [0.29, 0.717) is 13.1 Å². The number of ether oxygens (including phenoxy) is 1. The van der Waals surface area contributed by atoms with Gasteiger partial charge in [0.05, 0.1) is 13.0 Å². The van der Waals surface area contributed by atoms with Gasteiger partial charge in [-0.2, -0.15) is 0 Å². The third-order valence-corrected chi connectivity index (χ3v) is 4.84. The average Bonchev–Trinajstić information content (AvgIpc) is 2.73. The third-order valence-electron chi connectivity index (χ3n) is 4.84. The summed E-state index contributed by atoms with van der Waals surface area (Å²) in [6.45, 7) is 0.436. The van der Waals surface area contributed by atoms with E-state index in [0.717, 1.165) is 35.4 Å². The highest BCUT2D eigenvalue weighted by atomic mass is 16.5. The van der Waals surface area contributed by atoms with Gasteiger partial charge < -0.3 is 20.1 Å². The van der Waals surface area contributed by atoms with E-state index in [4.69, 9.17) is 9.84 Å². The van der Waals surface area contributed by atoms with Crippen LogP contribution in [0.2, 0.25) is 0 Å². The predicted molar refractivity (Wildman–Crippen MR) is 103 cm³/mol. The molecule has 1 aliphatic heterocycles. The van der Waals surface area contributed by atoms with E-state index in [9.17, 15) is 9.59 Å². The number of hydrogen-bond acceptors (Lipinski definition) is 4. The molecule has 0 radical (unpaired) electrons. The molecule has 142 valence electrons. The molecule has 0 saturated carbocycles. The zero-order valence-corrected chi connectivity index (χ0v) is 15.4. The Kier molecular flexibility index (Phi) is 6.08. The Morgan fingerprint density at radius 2 is 1.96 bits per heavy atom. The maximum Gasteiger partial charge on any atom is 0.248 e. The first kappa shape index (κ1) is 18.9. The molecule has 0 spiro atoms. The number of aliphatic hydroxyl groups is 1. The molecule has 0 aromatic heterocycles. The molecule has 1 aliphatic rings. The van der Waals surface area contributed by atoms with Gasteiger partial charge in [-0.05, 0) is 48.2 Å². The Bertz CT molecular complexity index is 804. The quantitative estimate of drug-likeness (QED) is 0.850. The molecule has 1 atom stereocenters. The van der Waals surface area contributed by atoms with Crippen LogP contribution < -0.4 is 10.1 Å². The van der Waals surface area contributed by atoms with Gasteiger partial charge in [0.25, 0.3) is 0 Å². The normalized spacial score (nSPS) is 16.7. The number of aliphatic hydroxyl groups excluding tert-OH is 1. The Hall–Kier alpha value is -2.86. The zero-order valence-electron chi connectivity index (χ0n) is 15.4. The minimum atomic E-state index is -0.514. The van der Waals surface area contributed by atoms with Gasteiger partial charge in [0.2, 0.25) is 11.8 Å². The number of rotatable bonds is 5. The van der Waals surface area contributed by atoms with Crippen molar-refractivity contribution in [3.63, 3.8) is 0 Å². The summed E-state index contributed by atoms with van der Waals surface area (Å²) in [4.78, 5) is 25.7. The van der Waals surface area contributed by atoms with Crippen molar-refractivity contribution in [1.82, 2.24) is 4.90 Å². The number of likely N-dealkylation sites (tertiary alicyclic amines) is 1. The summed E-state index contributed by atoms with van der Waals surface area (Å²) < 4.78 is 5.25.